The molecule has 0 unspecified atom stereocenters. The molecule has 0 aromatic carbocycles. The molecule has 0 bridgehead atoms. The van der Waals surface area contributed by atoms with Gasteiger partial charge in [0.15, 0.2) is 0 Å². The van der Waals surface area contributed by atoms with Crippen LogP contribution in [-0.2, 0) is 21.7 Å². The largest absolute Gasteiger partial charge is 0.338 e. The molecule has 0 N–H and O–H groups in total. The van der Waals surface area contributed by atoms with Crippen molar-refractivity contribution in [1.29, 1.82) is 0 Å². The van der Waals surface area contributed by atoms with Crippen molar-refractivity contribution in [2.75, 3.05) is 0 Å². The Hall–Kier alpha value is 1.80. The van der Waals surface area contributed by atoms with Gasteiger partial charge in [0.1, 0.15) is 0 Å². The molecule has 0 aromatic rings. The van der Waals surface area contributed by atoms with Crippen LogP contribution < -0.4 is 0 Å². The van der Waals surface area contributed by atoms with Gasteiger partial charge in [0.2, 0.25) is 0 Å². The molecular formula is CH3Cl3SiTi. The van der Waals surface area contributed by atoms with Gasteiger partial charge in [-0.3, -0.25) is 0 Å². The summed E-state index contributed by atoms with van der Waals surface area (Å²) in [6.45, 7) is 1.62. The fourth-order valence-electron chi connectivity index (χ4n) is 0. The van der Waals surface area contributed by atoms with Crippen molar-refractivity contribution in [3.8, 4) is 0 Å². The van der Waals surface area contributed by atoms with E-state index in [0.29, 0.717) is 0 Å². The van der Waals surface area contributed by atoms with Gasteiger partial charge in [0.25, 0.3) is 0 Å². The fraction of sp³-hybridized carbons (Fsp3) is 1.00. The van der Waals surface area contributed by atoms with Gasteiger partial charge in [0.05, 0.1) is 0 Å². The molecule has 5 heteroatoms. The average Bonchev–Trinajstić information content (AvgIpc) is 0.722. The second-order valence-electron chi connectivity index (χ2n) is 0.781. The van der Waals surface area contributed by atoms with Crippen LogP contribution in [0.2, 0.25) is 6.55 Å². The van der Waals surface area contributed by atoms with E-state index < -0.39 is 6.00 Å². The molecule has 0 heterocycles. The van der Waals surface area contributed by atoms with E-state index in [2.05, 4.69) is 0 Å². The maximum Gasteiger partial charge on any atom is 0.338 e. The molecule has 6 heavy (non-hydrogen) atoms. The summed E-state index contributed by atoms with van der Waals surface area (Å²) in [4.78, 5) is 0. The summed E-state index contributed by atoms with van der Waals surface area (Å²) in [5.74, 6) is 0. The Kier molecular flexibility index (Phi) is 6.72. The molecule has 0 amide bonds. The zero-order valence-electron chi connectivity index (χ0n) is 3.13. The van der Waals surface area contributed by atoms with Crippen molar-refractivity contribution in [3.63, 3.8) is 0 Å². The summed E-state index contributed by atoms with van der Waals surface area (Å²) < 4.78 is 0. The topological polar surface area (TPSA) is 0 Å². The fourth-order valence-corrected chi connectivity index (χ4v) is 0. The number of hydrogen-bond acceptors (Lipinski definition) is 0. The van der Waals surface area contributed by atoms with Gasteiger partial charge >= 0.3 is 6.00 Å². The molecule has 0 nitrogen and oxygen atoms in total. The number of halogens is 3. The molecule has 36 valence electrons. The first-order valence-electron chi connectivity index (χ1n) is 1.07. The summed E-state index contributed by atoms with van der Waals surface area (Å²) in [5.41, 5.74) is 0. The van der Waals surface area contributed by atoms with Crippen LogP contribution >= 0.6 is 33.2 Å². The Bertz CT molecular complexity index is 26.3. The van der Waals surface area contributed by atoms with Gasteiger partial charge in [-0.2, -0.15) is 0 Å². The molecule has 0 saturated carbocycles. The normalized spacial score (nSPS) is 10.0. The van der Waals surface area contributed by atoms with E-state index in [0.717, 1.165) is 0 Å². The van der Waals surface area contributed by atoms with Crippen molar-refractivity contribution in [3.05, 3.63) is 0 Å². The van der Waals surface area contributed by atoms with E-state index >= 15 is 0 Å². The van der Waals surface area contributed by atoms with Crippen LogP contribution in [0, 0.1) is 0 Å². The quantitative estimate of drug-likeness (QED) is 0.413. The predicted octanol–water partition coefficient (Wildman–Crippen LogP) is 2.27. The molecular weight excluding hydrogens is 194 g/mol. The van der Waals surface area contributed by atoms with E-state index in [-0.39, 0.29) is 21.7 Å². The second kappa shape index (κ2) is 3.76. The Balaban J connectivity index is 0. The minimum Gasteiger partial charge on any atom is -0.126 e. The summed E-state index contributed by atoms with van der Waals surface area (Å²) in [7, 11) is 0. The number of hydrogen-bond donors (Lipinski definition) is 0. The first-order valence-corrected chi connectivity index (χ1v) is 6.60. The van der Waals surface area contributed by atoms with Gasteiger partial charge < -0.3 is 0 Å². The minimum absolute atomic E-state index is 0. The predicted molar refractivity (Wildman–Crippen MR) is 29.2 cm³/mol. The molecule has 0 aliphatic heterocycles. The monoisotopic (exact) mass is 196 g/mol. The van der Waals surface area contributed by atoms with Crippen LogP contribution in [0.25, 0.3) is 0 Å². The zero-order valence-corrected chi connectivity index (χ0v) is 7.96. The molecule has 0 aliphatic rings. The zero-order chi connectivity index (χ0) is 4.50. The van der Waals surface area contributed by atoms with Crippen molar-refractivity contribution < 1.29 is 21.7 Å². The van der Waals surface area contributed by atoms with Crippen LogP contribution in [-0.4, -0.2) is 6.00 Å². The van der Waals surface area contributed by atoms with Crippen LogP contribution in [0.3, 0.4) is 0 Å². The SMILES string of the molecule is C[Si](Cl)(Cl)Cl.[Ti]. The van der Waals surface area contributed by atoms with Crippen molar-refractivity contribution in [2.24, 2.45) is 0 Å². The van der Waals surface area contributed by atoms with E-state index in [1.165, 1.54) is 0 Å². The summed E-state index contributed by atoms with van der Waals surface area (Å²) >= 11 is 15.6. The first-order chi connectivity index (χ1) is 2.00. The Morgan fingerprint density at radius 1 is 1.17 bits per heavy atom. The van der Waals surface area contributed by atoms with Crippen LogP contribution in [0.4, 0.5) is 0 Å². The van der Waals surface area contributed by atoms with Crippen molar-refractivity contribution in [2.45, 2.75) is 6.55 Å². The van der Waals surface area contributed by atoms with Gasteiger partial charge in [0, 0.05) is 21.7 Å². The first kappa shape index (κ1) is 10.7. The third-order valence-corrected chi connectivity index (χ3v) is 0. The molecule has 0 rings (SSSR count). The van der Waals surface area contributed by atoms with Gasteiger partial charge in [-0.15, -0.1) is 33.2 Å². The van der Waals surface area contributed by atoms with Gasteiger partial charge in [-0.05, 0) is 6.55 Å². The maximum absolute atomic E-state index is 5.20. The van der Waals surface area contributed by atoms with E-state index in [1.807, 2.05) is 0 Å². The van der Waals surface area contributed by atoms with Crippen LogP contribution in [0.1, 0.15) is 0 Å². The van der Waals surface area contributed by atoms with E-state index in [9.17, 15) is 0 Å². The molecule has 0 radical (unpaired) electrons. The Labute approximate surface area is 67.2 Å². The standard InChI is InChI=1S/CH3Cl3Si.Ti/c1-5(2,3)4;/h1H3;. The van der Waals surface area contributed by atoms with Crippen molar-refractivity contribution in [1.82, 2.24) is 0 Å². The molecule has 0 aromatic heterocycles. The average molecular weight is 197 g/mol. The number of rotatable bonds is 0. The van der Waals surface area contributed by atoms with Crippen molar-refractivity contribution >= 4 is 39.2 Å². The molecule has 0 spiro atoms. The third kappa shape index (κ3) is 41.2. The van der Waals surface area contributed by atoms with Gasteiger partial charge in [-0.25, -0.2) is 0 Å². The summed E-state index contributed by atoms with van der Waals surface area (Å²) in [6.07, 6.45) is 0. The van der Waals surface area contributed by atoms with E-state index in [1.54, 1.807) is 6.55 Å². The second-order valence-corrected chi connectivity index (χ2v) is 10.9. The molecule has 0 aliphatic carbocycles. The molecule has 0 fully saturated rings. The molecule has 0 saturated heterocycles. The smallest absolute Gasteiger partial charge is 0.126 e. The minimum atomic E-state index is -2.19. The maximum atomic E-state index is 5.20. The van der Waals surface area contributed by atoms with E-state index in [4.69, 9.17) is 33.2 Å². The molecule has 0 atom stereocenters. The van der Waals surface area contributed by atoms with Gasteiger partial charge in [-0.1, -0.05) is 0 Å². The summed E-state index contributed by atoms with van der Waals surface area (Å²) in [6, 6.07) is -2.19. The van der Waals surface area contributed by atoms with Crippen LogP contribution in [0.15, 0.2) is 0 Å². The Morgan fingerprint density at radius 2 is 1.17 bits per heavy atom. The Morgan fingerprint density at radius 3 is 1.17 bits per heavy atom. The summed E-state index contributed by atoms with van der Waals surface area (Å²) in [5, 5.41) is 0. The van der Waals surface area contributed by atoms with Crippen LogP contribution in [0.5, 0.6) is 0 Å². The third-order valence-electron chi connectivity index (χ3n) is 0.